The number of halogens is 1. The van der Waals surface area contributed by atoms with Crippen LogP contribution in [0.5, 0.6) is 11.5 Å². The van der Waals surface area contributed by atoms with Crippen LogP contribution >= 0.6 is 0 Å². The summed E-state index contributed by atoms with van der Waals surface area (Å²) in [4.78, 5) is 29.3. The summed E-state index contributed by atoms with van der Waals surface area (Å²) in [7, 11) is 0. The summed E-state index contributed by atoms with van der Waals surface area (Å²) >= 11 is 0. The molecular weight excluding hydrogens is 533 g/mol. The second kappa shape index (κ2) is 9.03. The molecule has 1 fully saturated rings. The van der Waals surface area contributed by atoms with Gasteiger partial charge in [-0.1, -0.05) is 30.3 Å². The van der Waals surface area contributed by atoms with Gasteiger partial charge < -0.3 is 23.5 Å². The van der Waals surface area contributed by atoms with Crippen molar-refractivity contribution in [2.24, 2.45) is 0 Å². The Hall–Kier alpha value is -4.95. The van der Waals surface area contributed by atoms with Gasteiger partial charge in [0.05, 0.1) is 29.8 Å². The number of hydrogen-bond acceptors (Lipinski definition) is 4. The topological polar surface area (TPSA) is 65.7 Å². The molecule has 2 aliphatic heterocycles. The highest BCUT2D eigenvalue weighted by molar-refractivity contribution is 6.03. The largest absolute Gasteiger partial charge is 0.451 e. The fourth-order valence-corrected chi connectivity index (χ4v) is 6.27. The smallest absolute Gasteiger partial charge is 0.259 e. The molecular formula is C34H26FN3O4. The van der Waals surface area contributed by atoms with Gasteiger partial charge in [-0.15, -0.1) is 0 Å². The maximum absolute atomic E-state index is 16.3. The van der Waals surface area contributed by atoms with E-state index in [2.05, 4.69) is 6.07 Å². The van der Waals surface area contributed by atoms with Crippen molar-refractivity contribution in [1.82, 2.24) is 14.0 Å². The zero-order chi connectivity index (χ0) is 28.7. The molecule has 0 aliphatic carbocycles. The highest BCUT2D eigenvalue weighted by Gasteiger charge is 2.32. The number of carbonyl (C=O) groups is 1. The molecule has 2 aromatic heterocycles. The lowest BCUT2D eigenvalue weighted by Gasteiger charge is -2.29. The van der Waals surface area contributed by atoms with E-state index in [-0.39, 0.29) is 22.4 Å². The van der Waals surface area contributed by atoms with Crippen molar-refractivity contribution >= 4 is 38.5 Å². The average molecular weight is 560 g/mol. The maximum atomic E-state index is 16.3. The number of aryl methyl sites for hydroxylation is 2. The van der Waals surface area contributed by atoms with Crippen molar-refractivity contribution < 1.29 is 18.7 Å². The standard InChI is InChI=1S/C34H26FN3O4/c1-19-15-22-9-10-37(27(22)16-20(19)2)31-26(35)17-24-30-33(31)42-28-8-7-21-5-3-4-6-23(21)29(28)38(30)18-25(32(24)39)34(40)36-11-13-41-14-12-36/h3-10,15-18H,11-14H2,1-2H3. The summed E-state index contributed by atoms with van der Waals surface area (Å²) in [6.45, 7) is 5.65. The first-order valence-corrected chi connectivity index (χ1v) is 14.0. The number of morpholine rings is 1. The number of fused-ring (bicyclic) bond motifs is 5. The van der Waals surface area contributed by atoms with E-state index in [4.69, 9.17) is 9.47 Å². The van der Waals surface area contributed by atoms with Crippen LogP contribution in [0.3, 0.4) is 0 Å². The van der Waals surface area contributed by atoms with Crippen LogP contribution in [0.4, 0.5) is 4.39 Å². The monoisotopic (exact) mass is 559 g/mol. The van der Waals surface area contributed by atoms with Crippen LogP contribution in [0.1, 0.15) is 21.5 Å². The first-order chi connectivity index (χ1) is 20.4. The van der Waals surface area contributed by atoms with Gasteiger partial charge in [-0.2, -0.15) is 0 Å². The summed E-state index contributed by atoms with van der Waals surface area (Å²) in [5, 5.41) is 2.92. The number of rotatable bonds is 2. The van der Waals surface area contributed by atoms with Gasteiger partial charge in [0, 0.05) is 36.3 Å². The van der Waals surface area contributed by atoms with Crippen molar-refractivity contribution in [1.29, 1.82) is 0 Å². The predicted octanol–water partition coefficient (Wildman–Crippen LogP) is 6.42. The van der Waals surface area contributed by atoms with E-state index in [1.54, 1.807) is 15.7 Å². The van der Waals surface area contributed by atoms with Crippen LogP contribution < -0.4 is 10.2 Å². The molecule has 1 amide bonds. The van der Waals surface area contributed by atoms with Crippen molar-refractivity contribution in [2.45, 2.75) is 13.8 Å². The van der Waals surface area contributed by atoms with E-state index in [0.29, 0.717) is 43.3 Å². The number of hydrogen-bond donors (Lipinski definition) is 0. The van der Waals surface area contributed by atoms with Gasteiger partial charge in [0.25, 0.3) is 5.91 Å². The Balaban J connectivity index is 1.48. The van der Waals surface area contributed by atoms with Gasteiger partial charge in [-0.05, 0) is 60.7 Å². The third-order valence-electron chi connectivity index (χ3n) is 8.56. The summed E-state index contributed by atoms with van der Waals surface area (Å²) in [5.74, 6) is -0.273. The Bertz CT molecular complexity index is 2190. The minimum Gasteiger partial charge on any atom is -0.451 e. The highest BCUT2D eigenvalue weighted by atomic mass is 19.1. The zero-order valence-corrected chi connectivity index (χ0v) is 23.1. The van der Waals surface area contributed by atoms with Crippen molar-refractivity contribution in [3.63, 3.8) is 0 Å². The number of benzene rings is 4. The second-order valence-electron chi connectivity index (χ2n) is 11.0. The third kappa shape index (κ3) is 3.48. The van der Waals surface area contributed by atoms with Gasteiger partial charge >= 0.3 is 0 Å². The van der Waals surface area contributed by atoms with Gasteiger partial charge in [-0.3, -0.25) is 9.59 Å². The van der Waals surface area contributed by atoms with Gasteiger partial charge in [0.15, 0.2) is 17.3 Å². The van der Waals surface area contributed by atoms with Crippen LogP contribution in [0.15, 0.2) is 77.9 Å². The maximum Gasteiger partial charge on any atom is 0.259 e. The van der Waals surface area contributed by atoms with E-state index in [9.17, 15) is 9.59 Å². The van der Waals surface area contributed by atoms with E-state index in [0.717, 1.165) is 32.8 Å². The third-order valence-corrected chi connectivity index (χ3v) is 8.56. The van der Waals surface area contributed by atoms with Crippen molar-refractivity contribution in [3.8, 4) is 22.9 Å². The summed E-state index contributed by atoms with van der Waals surface area (Å²) < 4.78 is 31.9. The predicted molar refractivity (Wildman–Crippen MR) is 160 cm³/mol. The Morgan fingerprint density at radius 1 is 0.857 bits per heavy atom. The molecule has 8 heteroatoms. The number of amides is 1. The van der Waals surface area contributed by atoms with E-state index < -0.39 is 17.2 Å². The lowest BCUT2D eigenvalue weighted by atomic mass is 10.0. The second-order valence-corrected chi connectivity index (χ2v) is 11.0. The molecule has 0 unspecified atom stereocenters. The number of aromatic nitrogens is 2. The number of carbonyl (C=O) groups excluding carboxylic acids is 1. The van der Waals surface area contributed by atoms with E-state index in [1.165, 1.54) is 6.07 Å². The highest BCUT2D eigenvalue weighted by Crippen LogP contribution is 2.47. The molecule has 8 rings (SSSR count). The van der Waals surface area contributed by atoms with Crippen LogP contribution in [0.25, 0.3) is 44.0 Å². The molecule has 0 spiro atoms. The lowest BCUT2D eigenvalue weighted by molar-refractivity contribution is 0.0302. The van der Waals surface area contributed by atoms with Gasteiger partial charge in [0.2, 0.25) is 5.43 Å². The first kappa shape index (κ1) is 24.8. The fourth-order valence-electron chi connectivity index (χ4n) is 6.27. The fraction of sp³-hybridized carbons (Fsp3) is 0.176. The van der Waals surface area contributed by atoms with Gasteiger partial charge in [-0.25, -0.2) is 4.39 Å². The Morgan fingerprint density at radius 3 is 2.48 bits per heavy atom. The molecule has 4 aromatic carbocycles. The molecule has 42 heavy (non-hydrogen) atoms. The molecule has 7 nitrogen and oxygen atoms in total. The van der Waals surface area contributed by atoms with E-state index >= 15 is 4.39 Å². The molecule has 0 atom stereocenters. The Morgan fingerprint density at radius 2 is 1.64 bits per heavy atom. The quantitative estimate of drug-likeness (QED) is 0.245. The molecule has 0 saturated carbocycles. The number of ether oxygens (including phenoxy) is 2. The van der Waals surface area contributed by atoms with Crippen LogP contribution in [-0.4, -0.2) is 46.2 Å². The Kier molecular flexibility index (Phi) is 5.33. The lowest BCUT2D eigenvalue weighted by Crippen LogP contribution is -2.42. The summed E-state index contributed by atoms with van der Waals surface area (Å²) in [6.07, 6.45) is 3.42. The molecule has 0 N–H and O–H groups in total. The minimum absolute atomic E-state index is 0.0131. The molecule has 0 bridgehead atoms. The summed E-state index contributed by atoms with van der Waals surface area (Å²) in [6, 6.07) is 19.0. The molecule has 6 aromatic rings. The number of nitrogens with zero attached hydrogens (tertiary/aromatic N) is 3. The van der Waals surface area contributed by atoms with E-state index in [1.807, 2.05) is 73.1 Å². The van der Waals surface area contributed by atoms with Gasteiger partial charge in [0.1, 0.15) is 16.8 Å². The molecule has 208 valence electrons. The SMILES string of the molecule is Cc1cc2ccn(-c3c(F)cc4c(=O)c(C(=O)N5CCOCC5)cn5c4c3Oc3ccc4ccccc4c3-5)c2cc1C. The number of pyridine rings is 1. The van der Waals surface area contributed by atoms with Crippen molar-refractivity contribution in [2.75, 3.05) is 26.3 Å². The van der Waals surface area contributed by atoms with Crippen LogP contribution in [0.2, 0.25) is 0 Å². The molecule has 0 radical (unpaired) electrons. The van der Waals surface area contributed by atoms with Crippen LogP contribution in [0, 0.1) is 19.7 Å². The minimum atomic E-state index is -0.614. The first-order valence-electron chi connectivity index (χ1n) is 14.0. The molecule has 4 heterocycles. The normalized spacial score (nSPS) is 14.4. The molecule has 1 saturated heterocycles. The Labute approximate surface area is 239 Å². The molecule has 2 aliphatic rings. The zero-order valence-electron chi connectivity index (χ0n) is 23.1. The summed E-state index contributed by atoms with van der Waals surface area (Å²) in [5.41, 5.74) is 3.84. The van der Waals surface area contributed by atoms with Crippen molar-refractivity contribution in [3.05, 3.63) is 106 Å². The van der Waals surface area contributed by atoms with Crippen LogP contribution in [-0.2, 0) is 4.74 Å². The average Bonchev–Trinajstić information content (AvgIpc) is 3.40.